The summed E-state index contributed by atoms with van der Waals surface area (Å²) in [6.07, 6.45) is 4.46. The summed E-state index contributed by atoms with van der Waals surface area (Å²) >= 11 is 0. The first-order chi connectivity index (χ1) is 5.63. The summed E-state index contributed by atoms with van der Waals surface area (Å²) in [5, 5.41) is 0. The van der Waals surface area contributed by atoms with E-state index in [9.17, 15) is 4.79 Å². The van der Waals surface area contributed by atoms with E-state index in [0.29, 0.717) is 6.04 Å². The third-order valence-electron chi connectivity index (χ3n) is 2.76. The number of nitrogens with two attached hydrogens (primary N) is 1. The molecule has 2 atom stereocenters. The summed E-state index contributed by atoms with van der Waals surface area (Å²) in [7, 11) is 4.04. The van der Waals surface area contributed by atoms with Crippen molar-refractivity contribution in [2.45, 2.75) is 31.7 Å². The van der Waals surface area contributed by atoms with Gasteiger partial charge in [0.2, 0.25) is 5.91 Å². The second-order valence-corrected chi connectivity index (χ2v) is 3.82. The summed E-state index contributed by atoms with van der Waals surface area (Å²) in [4.78, 5) is 13.2. The van der Waals surface area contributed by atoms with Crippen molar-refractivity contribution in [3.8, 4) is 0 Å². The summed E-state index contributed by atoms with van der Waals surface area (Å²) in [6, 6.07) is 0.372. The lowest BCUT2D eigenvalue weighted by molar-refractivity contribution is -0.124. The molecule has 0 aliphatic heterocycles. The number of amides is 1. The Balaban J connectivity index is 2.60. The molecule has 1 aliphatic carbocycles. The Bertz CT molecular complexity index is 168. The maximum atomic E-state index is 11.1. The van der Waals surface area contributed by atoms with Crippen LogP contribution >= 0.6 is 0 Å². The smallest absolute Gasteiger partial charge is 0.222 e. The number of nitrogens with zero attached hydrogens (tertiary/aromatic N) is 1. The van der Waals surface area contributed by atoms with Crippen molar-refractivity contribution in [3.05, 3.63) is 0 Å². The standard InChI is InChI=1S/C9H18N2O/c1-11(2)8-6-4-3-5-7(8)9(10)12/h7-8H,3-6H2,1-2H3,(H2,10,12)/t7-,8-/m1/s1. The summed E-state index contributed by atoms with van der Waals surface area (Å²) in [5.74, 6) is -0.0536. The highest BCUT2D eigenvalue weighted by Gasteiger charge is 2.30. The maximum Gasteiger partial charge on any atom is 0.222 e. The average molecular weight is 170 g/mol. The van der Waals surface area contributed by atoms with E-state index in [1.165, 1.54) is 6.42 Å². The number of hydrogen-bond acceptors (Lipinski definition) is 2. The van der Waals surface area contributed by atoms with E-state index in [0.717, 1.165) is 19.3 Å². The predicted molar refractivity (Wildman–Crippen MR) is 48.6 cm³/mol. The molecule has 1 amide bonds. The summed E-state index contributed by atoms with van der Waals surface area (Å²) < 4.78 is 0. The lowest BCUT2D eigenvalue weighted by Gasteiger charge is -2.34. The Labute approximate surface area is 73.9 Å². The lowest BCUT2D eigenvalue weighted by Crippen LogP contribution is -2.43. The molecule has 0 heterocycles. The van der Waals surface area contributed by atoms with Gasteiger partial charge in [0.15, 0.2) is 0 Å². The van der Waals surface area contributed by atoms with Crippen LogP contribution in [0.25, 0.3) is 0 Å². The topological polar surface area (TPSA) is 46.3 Å². The molecule has 1 saturated carbocycles. The Kier molecular flexibility index (Phi) is 3.09. The van der Waals surface area contributed by atoms with Gasteiger partial charge in [-0.05, 0) is 26.9 Å². The van der Waals surface area contributed by atoms with Crippen molar-refractivity contribution >= 4 is 5.91 Å². The number of rotatable bonds is 2. The first kappa shape index (κ1) is 9.52. The fourth-order valence-corrected chi connectivity index (χ4v) is 2.06. The highest BCUT2D eigenvalue weighted by Crippen LogP contribution is 2.26. The van der Waals surface area contributed by atoms with Gasteiger partial charge in [-0.3, -0.25) is 4.79 Å². The number of carbonyl (C=O) groups is 1. The van der Waals surface area contributed by atoms with Gasteiger partial charge in [-0.2, -0.15) is 0 Å². The van der Waals surface area contributed by atoms with Gasteiger partial charge < -0.3 is 10.6 Å². The Hall–Kier alpha value is -0.570. The molecule has 3 heteroatoms. The fourth-order valence-electron chi connectivity index (χ4n) is 2.06. The molecule has 1 aliphatic rings. The quantitative estimate of drug-likeness (QED) is 0.659. The summed E-state index contributed by atoms with van der Waals surface area (Å²) in [5.41, 5.74) is 5.33. The normalized spacial score (nSPS) is 30.6. The van der Waals surface area contributed by atoms with Crippen LogP contribution in [0.4, 0.5) is 0 Å². The lowest BCUT2D eigenvalue weighted by atomic mass is 9.83. The third-order valence-corrected chi connectivity index (χ3v) is 2.76. The molecule has 0 spiro atoms. The van der Waals surface area contributed by atoms with E-state index in [1.54, 1.807) is 0 Å². The SMILES string of the molecule is CN(C)[C@@H]1CCCC[C@H]1C(N)=O. The van der Waals surface area contributed by atoms with Crippen LogP contribution in [-0.4, -0.2) is 30.9 Å². The van der Waals surface area contributed by atoms with Crippen molar-refractivity contribution in [1.29, 1.82) is 0 Å². The molecule has 0 radical (unpaired) electrons. The molecule has 0 aromatic carbocycles. The third kappa shape index (κ3) is 1.97. The van der Waals surface area contributed by atoms with Crippen LogP contribution in [0, 0.1) is 5.92 Å². The minimum Gasteiger partial charge on any atom is -0.369 e. The molecule has 12 heavy (non-hydrogen) atoms. The monoisotopic (exact) mass is 170 g/mol. The second-order valence-electron chi connectivity index (χ2n) is 3.82. The van der Waals surface area contributed by atoms with Crippen LogP contribution in [0.3, 0.4) is 0 Å². The van der Waals surface area contributed by atoms with Gasteiger partial charge in [0, 0.05) is 6.04 Å². The van der Waals surface area contributed by atoms with Gasteiger partial charge >= 0.3 is 0 Å². The molecule has 0 saturated heterocycles. The Morgan fingerprint density at radius 1 is 1.33 bits per heavy atom. The van der Waals surface area contributed by atoms with Gasteiger partial charge in [0.25, 0.3) is 0 Å². The first-order valence-corrected chi connectivity index (χ1v) is 4.58. The van der Waals surface area contributed by atoms with Crippen LogP contribution in [-0.2, 0) is 4.79 Å². The first-order valence-electron chi connectivity index (χ1n) is 4.58. The zero-order chi connectivity index (χ0) is 9.14. The number of carbonyl (C=O) groups excluding carboxylic acids is 1. The minimum atomic E-state index is -0.131. The van der Waals surface area contributed by atoms with Crippen LogP contribution < -0.4 is 5.73 Å². The van der Waals surface area contributed by atoms with Crippen LogP contribution in [0.5, 0.6) is 0 Å². The second kappa shape index (κ2) is 3.90. The molecule has 3 nitrogen and oxygen atoms in total. The molecule has 1 rings (SSSR count). The molecule has 0 aromatic heterocycles. The van der Waals surface area contributed by atoms with Crippen LogP contribution in [0.1, 0.15) is 25.7 Å². The maximum absolute atomic E-state index is 11.1. The van der Waals surface area contributed by atoms with E-state index in [4.69, 9.17) is 5.73 Å². The molecule has 0 unspecified atom stereocenters. The van der Waals surface area contributed by atoms with Gasteiger partial charge in [0.1, 0.15) is 0 Å². The zero-order valence-electron chi connectivity index (χ0n) is 7.92. The summed E-state index contributed by atoms with van der Waals surface area (Å²) in [6.45, 7) is 0. The highest BCUT2D eigenvalue weighted by atomic mass is 16.1. The molecule has 2 N–H and O–H groups in total. The Morgan fingerprint density at radius 3 is 2.33 bits per heavy atom. The fraction of sp³-hybridized carbons (Fsp3) is 0.889. The Morgan fingerprint density at radius 2 is 1.92 bits per heavy atom. The zero-order valence-corrected chi connectivity index (χ0v) is 7.92. The van der Waals surface area contributed by atoms with Crippen molar-refractivity contribution in [3.63, 3.8) is 0 Å². The van der Waals surface area contributed by atoms with Gasteiger partial charge in [-0.1, -0.05) is 12.8 Å². The van der Waals surface area contributed by atoms with Crippen molar-refractivity contribution in [2.75, 3.05) is 14.1 Å². The van der Waals surface area contributed by atoms with Gasteiger partial charge in [-0.25, -0.2) is 0 Å². The minimum absolute atomic E-state index is 0.0775. The molecular formula is C9H18N2O. The van der Waals surface area contributed by atoms with Crippen LogP contribution in [0.15, 0.2) is 0 Å². The molecular weight excluding hydrogens is 152 g/mol. The van der Waals surface area contributed by atoms with E-state index < -0.39 is 0 Å². The van der Waals surface area contributed by atoms with Crippen molar-refractivity contribution in [2.24, 2.45) is 11.7 Å². The molecule has 0 aromatic rings. The number of primary amides is 1. The van der Waals surface area contributed by atoms with E-state index in [1.807, 2.05) is 14.1 Å². The van der Waals surface area contributed by atoms with Crippen LogP contribution in [0.2, 0.25) is 0 Å². The van der Waals surface area contributed by atoms with Crippen molar-refractivity contribution < 1.29 is 4.79 Å². The molecule has 70 valence electrons. The number of hydrogen-bond donors (Lipinski definition) is 1. The van der Waals surface area contributed by atoms with Crippen molar-refractivity contribution in [1.82, 2.24) is 4.90 Å². The van der Waals surface area contributed by atoms with Gasteiger partial charge in [0.05, 0.1) is 5.92 Å². The van der Waals surface area contributed by atoms with E-state index in [2.05, 4.69) is 4.90 Å². The molecule has 1 fully saturated rings. The largest absolute Gasteiger partial charge is 0.369 e. The highest BCUT2D eigenvalue weighted by molar-refractivity contribution is 5.77. The molecule has 0 bridgehead atoms. The van der Waals surface area contributed by atoms with Gasteiger partial charge in [-0.15, -0.1) is 0 Å². The average Bonchev–Trinajstić information content (AvgIpc) is 2.04. The predicted octanol–water partition coefficient (Wildman–Crippen LogP) is 0.592. The van der Waals surface area contributed by atoms with E-state index >= 15 is 0 Å². The van der Waals surface area contributed by atoms with E-state index in [-0.39, 0.29) is 11.8 Å².